The number of nitrogens with zero attached hydrogens (tertiary/aromatic N) is 1. The van der Waals surface area contributed by atoms with Gasteiger partial charge in [-0.25, -0.2) is 0 Å². The van der Waals surface area contributed by atoms with Crippen molar-refractivity contribution in [2.75, 3.05) is 20.2 Å². The number of amides is 1. The number of carbonyl (C=O) groups is 1. The van der Waals surface area contributed by atoms with Gasteiger partial charge in [0.1, 0.15) is 0 Å². The van der Waals surface area contributed by atoms with Gasteiger partial charge in [-0.15, -0.1) is 11.3 Å². The number of fused-ring (bicyclic) bond motifs is 1. The van der Waals surface area contributed by atoms with Crippen LogP contribution < -0.4 is 0 Å². The lowest BCUT2D eigenvalue weighted by Crippen LogP contribution is -2.51. The number of benzene rings is 1. The Hall–Kier alpha value is -1.39. The predicted octanol–water partition coefficient (Wildman–Crippen LogP) is 3.79. The fraction of sp³-hybridized carbons (Fsp3) is 0.471. The second-order valence-electron chi connectivity index (χ2n) is 6.37. The molecule has 4 heteroatoms. The third-order valence-corrected chi connectivity index (χ3v) is 5.38. The first-order valence-electron chi connectivity index (χ1n) is 7.31. The van der Waals surface area contributed by atoms with Gasteiger partial charge in [0.05, 0.1) is 11.7 Å². The summed E-state index contributed by atoms with van der Waals surface area (Å²) in [6.07, 6.45) is 1.12. The molecule has 0 bridgehead atoms. The maximum Gasteiger partial charge on any atom is 0.255 e. The van der Waals surface area contributed by atoms with Gasteiger partial charge in [-0.1, -0.05) is 32.0 Å². The van der Waals surface area contributed by atoms with Crippen molar-refractivity contribution in [2.24, 2.45) is 5.41 Å². The molecule has 1 aromatic heterocycles. The third-order valence-electron chi connectivity index (χ3n) is 4.41. The lowest BCUT2D eigenvalue weighted by Gasteiger charge is -2.43. The molecule has 3 nitrogen and oxygen atoms in total. The van der Waals surface area contributed by atoms with Crippen LogP contribution in [0.1, 0.15) is 30.6 Å². The number of methoxy groups -OCH3 is 1. The summed E-state index contributed by atoms with van der Waals surface area (Å²) in [6, 6.07) is 8.11. The van der Waals surface area contributed by atoms with E-state index in [1.54, 1.807) is 18.4 Å². The van der Waals surface area contributed by atoms with Crippen LogP contribution in [-0.2, 0) is 4.74 Å². The Morgan fingerprint density at radius 3 is 2.86 bits per heavy atom. The minimum Gasteiger partial charge on any atom is -0.381 e. The highest BCUT2D eigenvalue weighted by atomic mass is 32.1. The van der Waals surface area contributed by atoms with E-state index in [1.807, 2.05) is 28.5 Å². The van der Waals surface area contributed by atoms with Crippen molar-refractivity contribution in [3.63, 3.8) is 0 Å². The summed E-state index contributed by atoms with van der Waals surface area (Å²) in [7, 11) is 1.76. The molecule has 0 radical (unpaired) electrons. The smallest absolute Gasteiger partial charge is 0.255 e. The lowest BCUT2D eigenvalue weighted by atomic mass is 9.81. The predicted molar refractivity (Wildman–Crippen MR) is 86.9 cm³/mol. The highest BCUT2D eigenvalue weighted by molar-refractivity contribution is 7.17. The van der Waals surface area contributed by atoms with Crippen molar-refractivity contribution < 1.29 is 9.53 Å². The molecule has 21 heavy (non-hydrogen) atoms. The van der Waals surface area contributed by atoms with E-state index in [0.717, 1.165) is 30.5 Å². The molecule has 0 saturated carbocycles. The summed E-state index contributed by atoms with van der Waals surface area (Å²) in [5, 5.41) is 3.06. The average molecular weight is 303 g/mol. The Morgan fingerprint density at radius 2 is 2.14 bits per heavy atom. The highest BCUT2D eigenvalue weighted by Gasteiger charge is 2.38. The summed E-state index contributed by atoms with van der Waals surface area (Å²) >= 11 is 1.64. The minimum absolute atomic E-state index is 0.00547. The zero-order valence-corrected chi connectivity index (χ0v) is 13.6. The summed E-state index contributed by atoms with van der Waals surface area (Å²) in [4.78, 5) is 14.8. The minimum atomic E-state index is -0.00547. The molecule has 112 valence electrons. The van der Waals surface area contributed by atoms with Gasteiger partial charge in [0.25, 0.3) is 5.91 Å². The molecule has 1 aliphatic rings. The maximum atomic E-state index is 12.8. The Balaban J connectivity index is 1.86. The van der Waals surface area contributed by atoms with E-state index in [1.165, 1.54) is 4.70 Å². The molecule has 1 amide bonds. The normalized spacial score (nSPS) is 21.7. The Kier molecular flexibility index (Phi) is 3.76. The van der Waals surface area contributed by atoms with Crippen molar-refractivity contribution in [1.82, 2.24) is 4.90 Å². The number of hydrogen-bond acceptors (Lipinski definition) is 3. The number of likely N-dealkylation sites (tertiary alicyclic amines) is 1. The summed E-state index contributed by atoms with van der Waals surface area (Å²) < 4.78 is 6.73. The molecular weight excluding hydrogens is 282 g/mol. The number of ether oxygens (including phenoxy) is 1. The third kappa shape index (κ3) is 2.58. The van der Waals surface area contributed by atoms with Crippen molar-refractivity contribution in [3.8, 4) is 0 Å². The van der Waals surface area contributed by atoms with Gasteiger partial charge < -0.3 is 9.64 Å². The zero-order valence-electron chi connectivity index (χ0n) is 12.8. The molecule has 1 aromatic carbocycles. The maximum absolute atomic E-state index is 12.8. The van der Waals surface area contributed by atoms with Crippen molar-refractivity contribution in [3.05, 3.63) is 35.2 Å². The number of rotatable bonds is 2. The molecule has 2 heterocycles. The van der Waals surface area contributed by atoms with Gasteiger partial charge in [-0.3, -0.25) is 4.79 Å². The second kappa shape index (κ2) is 5.43. The van der Waals surface area contributed by atoms with Crippen LogP contribution in [-0.4, -0.2) is 37.1 Å². The molecule has 2 aromatic rings. The van der Waals surface area contributed by atoms with Crippen LogP contribution in [0.4, 0.5) is 0 Å². The van der Waals surface area contributed by atoms with E-state index in [4.69, 9.17) is 4.74 Å². The van der Waals surface area contributed by atoms with Crippen LogP contribution >= 0.6 is 11.3 Å². The first kappa shape index (κ1) is 14.5. The number of hydrogen-bond donors (Lipinski definition) is 0. The van der Waals surface area contributed by atoms with E-state index in [9.17, 15) is 4.79 Å². The molecule has 0 spiro atoms. The van der Waals surface area contributed by atoms with E-state index >= 15 is 0 Å². The highest BCUT2D eigenvalue weighted by Crippen LogP contribution is 2.33. The molecule has 1 fully saturated rings. The summed E-state index contributed by atoms with van der Waals surface area (Å²) in [5.74, 6) is 0.148. The van der Waals surface area contributed by atoms with Crippen molar-refractivity contribution >= 4 is 27.3 Å². The SMILES string of the molecule is CO[C@@H]1CCN(C(=O)c2csc3ccccc23)CC1(C)C. The monoisotopic (exact) mass is 303 g/mol. The Bertz CT molecular complexity index is 662. The summed E-state index contributed by atoms with van der Waals surface area (Å²) in [6.45, 7) is 5.86. The number of piperidine rings is 1. The van der Waals surface area contributed by atoms with Crippen LogP contribution in [0.25, 0.3) is 10.1 Å². The molecule has 0 aliphatic carbocycles. The first-order chi connectivity index (χ1) is 10.0. The van der Waals surface area contributed by atoms with Gasteiger partial charge in [0.15, 0.2) is 0 Å². The fourth-order valence-corrected chi connectivity index (χ4v) is 4.20. The molecule has 1 saturated heterocycles. The number of carbonyl (C=O) groups excluding carboxylic acids is 1. The van der Waals surface area contributed by atoms with Gasteiger partial charge in [0, 0.05) is 41.1 Å². The van der Waals surface area contributed by atoms with E-state index in [0.29, 0.717) is 0 Å². The standard InChI is InChI=1S/C17H21NO2S/c1-17(2)11-18(9-8-15(17)20-3)16(19)13-10-21-14-7-5-4-6-12(13)14/h4-7,10,15H,8-9,11H2,1-3H3/t15-/m1/s1. The molecule has 3 rings (SSSR count). The lowest BCUT2D eigenvalue weighted by molar-refractivity contribution is -0.0443. The van der Waals surface area contributed by atoms with Crippen LogP contribution in [0.2, 0.25) is 0 Å². The van der Waals surface area contributed by atoms with Crippen molar-refractivity contribution in [1.29, 1.82) is 0 Å². The van der Waals surface area contributed by atoms with Gasteiger partial charge in [0.2, 0.25) is 0 Å². The van der Waals surface area contributed by atoms with Crippen LogP contribution in [0, 0.1) is 5.41 Å². The first-order valence-corrected chi connectivity index (χ1v) is 8.19. The second-order valence-corrected chi connectivity index (χ2v) is 7.29. The molecule has 0 N–H and O–H groups in total. The Labute approximate surface area is 129 Å². The van der Waals surface area contributed by atoms with Crippen LogP contribution in [0.15, 0.2) is 29.6 Å². The van der Waals surface area contributed by atoms with E-state index in [-0.39, 0.29) is 17.4 Å². The number of thiophene rings is 1. The summed E-state index contributed by atoms with van der Waals surface area (Å²) in [5.41, 5.74) is 0.830. The van der Waals surface area contributed by atoms with E-state index < -0.39 is 0 Å². The largest absolute Gasteiger partial charge is 0.381 e. The van der Waals surface area contributed by atoms with Crippen LogP contribution in [0.3, 0.4) is 0 Å². The van der Waals surface area contributed by atoms with Crippen molar-refractivity contribution in [2.45, 2.75) is 26.4 Å². The molecule has 1 atom stereocenters. The quantitative estimate of drug-likeness (QED) is 0.845. The Morgan fingerprint density at radius 1 is 1.38 bits per heavy atom. The molecular formula is C17H21NO2S. The van der Waals surface area contributed by atoms with Gasteiger partial charge >= 0.3 is 0 Å². The van der Waals surface area contributed by atoms with Crippen LogP contribution in [0.5, 0.6) is 0 Å². The average Bonchev–Trinajstić information content (AvgIpc) is 2.89. The van der Waals surface area contributed by atoms with Gasteiger partial charge in [-0.05, 0) is 12.5 Å². The topological polar surface area (TPSA) is 29.5 Å². The van der Waals surface area contributed by atoms with Gasteiger partial charge in [-0.2, -0.15) is 0 Å². The molecule has 1 aliphatic heterocycles. The molecule has 0 unspecified atom stereocenters. The zero-order chi connectivity index (χ0) is 15.0. The van der Waals surface area contributed by atoms with E-state index in [2.05, 4.69) is 19.9 Å². The fourth-order valence-electron chi connectivity index (χ4n) is 3.26.